The van der Waals surface area contributed by atoms with Crippen LogP contribution in [0.15, 0.2) is 36.4 Å². The molecule has 0 saturated heterocycles. The van der Waals surface area contributed by atoms with E-state index < -0.39 is 0 Å². The fourth-order valence-corrected chi connectivity index (χ4v) is 2.95. The third-order valence-electron chi connectivity index (χ3n) is 4.23. The first kappa shape index (κ1) is 15.8. The van der Waals surface area contributed by atoms with E-state index in [1.54, 1.807) is 0 Å². The van der Waals surface area contributed by atoms with Crippen LogP contribution < -0.4 is 5.73 Å². The summed E-state index contributed by atoms with van der Waals surface area (Å²) in [6.45, 7) is 8.76. The summed E-state index contributed by atoms with van der Waals surface area (Å²) in [5.74, 6) is 0. The molecule has 1 atom stereocenters. The molecule has 21 heavy (non-hydrogen) atoms. The van der Waals surface area contributed by atoms with E-state index in [-0.39, 0.29) is 6.04 Å². The van der Waals surface area contributed by atoms with E-state index in [2.05, 4.69) is 57.2 Å². The van der Waals surface area contributed by atoms with Crippen LogP contribution in [0.4, 0.5) is 0 Å². The summed E-state index contributed by atoms with van der Waals surface area (Å²) in [4.78, 5) is 0. The van der Waals surface area contributed by atoms with Crippen LogP contribution in [0.3, 0.4) is 0 Å². The molecule has 1 nitrogen and oxygen atoms in total. The summed E-state index contributed by atoms with van der Waals surface area (Å²) < 4.78 is 0. The zero-order chi connectivity index (χ0) is 15.4. The standard InChI is InChI=1S/C20H27N/c1-5-15-11-16(6-2)20(17(7-3)12-15)19-10-8-9-18(13-19)14(4)21/h8-14H,5-7,21H2,1-4H3. The Morgan fingerprint density at radius 3 is 2.00 bits per heavy atom. The molecule has 1 unspecified atom stereocenters. The zero-order valence-corrected chi connectivity index (χ0v) is 13.7. The third kappa shape index (κ3) is 3.36. The SMILES string of the molecule is CCc1cc(CC)c(-c2cccc(C(C)N)c2)c(CC)c1. The van der Waals surface area contributed by atoms with Crippen molar-refractivity contribution >= 4 is 0 Å². The van der Waals surface area contributed by atoms with Gasteiger partial charge in [0, 0.05) is 6.04 Å². The van der Waals surface area contributed by atoms with Crippen LogP contribution in [0.5, 0.6) is 0 Å². The molecule has 2 N–H and O–H groups in total. The van der Waals surface area contributed by atoms with Gasteiger partial charge in [-0.2, -0.15) is 0 Å². The lowest BCUT2D eigenvalue weighted by atomic mass is 9.88. The van der Waals surface area contributed by atoms with Crippen molar-refractivity contribution in [2.24, 2.45) is 5.73 Å². The Morgan fingerprint density at radius 2 is 1.52 bits per heavy atom. The maximum Gasteiger partial charge on any atom is 0.0266 e. The van der Waals surface area contributed by atoms with Gasteiger partial charge in [0.25, 0.3) is 0 Å². The van der Waals surface area contributed by atoms with Crippen molar-refractivity contribution < 1.29 is 0 Å². The van der Waals surface area contributed by atoms with E-state index in [1.807, 2.05) is 6.92 Å². The summed E-state index contributed by atoms with van der Waals surface area (Å²) in [5, 5.41) is 0. The molecule has 0 aromatic heterocycles. The van der Waals surface area contributed by atoms with Gasteiger partial charge in [0.1, 0.15) is 0 Å². The van der Waals surface area contributed by atoms with Crippen LogP contribution in [-0.4, -0.2) is 0 Å². The maximum atomic E-state index is 6.05. The molecule has 0 radical (unpaired) electrons. The summed E-state index contributed by atoms with van der Waals surface area (Å²) in [5.41, 5.74) is 14.3. The number of aryl methyl sites for hydroxylation is 3. The molecule has 2 rings (SSSR count). The summed E-state index contributed by atoms with van der Waals surface area (Å²) >= 11 is 0. The van der Waals surface area contributed by atoms with Gasteiger partial charge in [-0.15, -0.1) is 0 Å². The molecule has 0 fully saturated rings. The smallest absolute Gasteiger partial charge is 0.0266 e. The Kier molecular flexibility index (Phi) is 5.19. The molecule has 0 spiro atoms. The molecule has 2 aromatic carbocycles. The molecule has 0 bridgehead atoms. The molecule has 1 heteroatoms. The Balaban J connectivity index is 2.64. The number of hydrogen-bond donors (Lipinski definition) is 1. The normalized spacial score (nSPS) is 12.4. The monoisotopic (exact) mass is 281 g/mol. The quantitative estimate of drug-likeness (QED) is 0.814. The highest BCUT2D eigenvalue weighted by Crippen LogP contribution is 2.31. The minimum Gasteiger partial charge on any atom is -0.324 e. The highest BCUT2D eigenvalue weighted by molar-refractivity contribution is 5.72. The topological polar surface area (TPSA) is 26.0 Å². The number of hydrogen-bond acceptors (Lipinski definition) is 1. The van der Waals surface area contributed by atoms with E-state index in [1.165, 1.54) is 33.4 Å². The van der Waals surface area contributed by atoms with E-state index in [9.17, 15) is 0 Å². The number of nitrogens with two attached hydrogens (primary N) is 1. The minimum absolute atomic E-state index is 0.0787. The Labute approximate surface area is 129 Å². The van der Waals surface area contributed by atoms with Crippen LogP contribution >= 0.6 is 0 Å². The van der Waals surface area contributed by atoms with Gasteiger partial charge in [-0.25, -0.2) is 0 Å². The van der Waals surface area contributed by atoms with E-state index >= 15 is 0 Å². The lowest BCUT2D eigenvalue weighted by Crippen LogP contribution is -2.05. The fourth-order valence-electron chi connectivity index (χ4n) is 2.95. The molecule has 112 valence electrons. The summed E-state index contributed by atoms with van der Waals surface area (Å²) in [6.07, 6.45) is 3.23. The summed E-state index contributed by atoms with van der Waals surface area (Å²) in [7, 11) is 0. The average Bonchev–Trinajstić information content (AvgIpc) is 2.53. The summed E-state index contributed by atoms with van der Waals surface area (Å²) in [6, 6.07) is 13.5. The van der Waals surface area contributed by atoms with Crippen molar-refractivity contribution in [3.8, 4) is 11.1 Å². The predicted octanol–water partition coefficient (Wildman–Crippen LogP) is 5.06. The third-order valence-corrected chi connectivity index (χ3v) is 4.23. The lowest BCUT2D eigenvalue weighted by molar-refractivity contribution is 0.818. The second-order valence-corrected chi connectivity index (χ2v) is 5.76. The zero-order valence-electron chi connectivity index (χ0n) is 13.7. The van der Waals surface area contributed by atoms with Gasteiger partial charge in [-0.3, -0.25) is 0 Å². The van der Waals surface area contributed by atoms with E-state index in [0.29, 0.717) is 0 Å². The Hall–Kier alpha value is -1.60. The van der Waals surface area contributed by atoms with Crippen LogP contribution in [0.25, 0.3) is 11.1 Å². The molecule has 0 heterocycles. The number of benzene rings is 2. The van der Waals surface area contributed by atoms with Gasteiger partial charge in [0.2, 0.25) is 0 Å². The Bertz CT molecular complexity index is 586. The van der Waals surface area contributed by atoms with Crippen LogP contribution in [0.2, 0.25) is 0 Å². The van der Waals surface area contributed by atoms with Crippen LogP contribution in [0, 0.1) is 0 Å². The van der Waals surface area contributed by atoms with Gasteiger partial charge >= 0.3 is 0 Å². The first-order valence-electron chi connectivity index (χ1n) is 8.11. The van der Waals surface area contributed by atoms with Crippen molar-refractivity contribution in [1.29, 1.82) is 0 Å². The van der Waals surface area contributed by atoms with Crippen molar-refractivity contribution in [1.82, 2.24) is 0 Å². The second-order valence-electron chi connectivity index (χ2n) is 5.76. The molecule has 0 saturated carbocycles. The van der Waals surface area contributed by atoms with Crippen molar-refractivity contribution in [3.05, 3.63) is 58.7 Å². The van der Waals surface area contributed by atoms with Gasteiger partial charge in [-0.1, -0.05) is 51.1 Å². The Morgan fingerprint density at radius 1 is 0.905 bits per heavy atom. The van der Waals surface area contributed by atoms with Crippen molar-refractivity contribution in [3.63, 3.8) is 0 Å². The highest BCUT2D eigenvalue weighted by Gasteiger charge is 2.12. The van der Waals surface area contributed by atoms with Gasteiger partial charge in [0.15, 0.2) is 0 Å². The molecule has 0 aliphatic heterocycles. The molecular weight excluding hydrogens is 254 g/mol. The van der Waals surface area contributed by atoms with E-state index in [4.69, 9.17) is 5.73 Å². The van der Waals surface area contributed by atoms with Crippen LogP contribution in [0.1, 0.15) is 56.0 Å². The molecule has 0 aliphatic rings. The number of rotatable bonds is 5. The van der Waals surface area contributed by atoms with Gasteiger partial charge in [-0.05, 0) is 65.6 Å². The van der Waals surface area contributed by atoms with Crippen molar-refractivity contribution in [2.75, 3.05) is 0 Å². The molecule has 0 aliphatic carbocycles. The molecule has 0 amide bonds. The van der Waals surface area contributed by atoms with Gasteiger partial charge in [0.05, 0.1) is 0 Å². The van der Waals surface area contributed by atoms with Crippen LogP contribution in [-0.2, 0) is 19.3 Å². The van der Waals surface area contributed by atoms with Crippen molar-refractivity contribution in [2.45, 2.75) is 53.0 Å². The second kappa shape index (κ2) is 6.91. The minimum atomic E-state index is 0.0787. The molecular formula is C20H27N. The predicted molar refractivity (Wildman–Crippen MR) is 92.6 cm³/mol. The first-order chi connectivity index (χ1) is 10.1. The fraction of sp³-hybridized carbons (Fsp3) is 0.400. The first-order valence-corrected chi connectivity index (χ1v) is 8.11. The lowest BCUT2D eigenvalue weighted by Gasteiger charge is -2.17. The largest absolute Gasteiger partial charge is 0.324 e. The molecule has 2 aromatic rings. The highest BCUT2D eigenvalue weighted by atomic mass is 14.6. The van der Waals surface area contributed by atoms with Gasteiger partial charge < -0.3 is 5.73 Å². The maximum absolute atomic E-state index is 6.05. The average molecular weight is 281 g/mol. The van der Waals surface area contributed by atoms with E-state index in [0.717, 1.165) is 19.3 Å².